The topological polar surface area (TPSA) is 114 Å². The second kappa shape index (κ2) is 11.4. The number of amides is 2. The molecule has 0 aromatic heterocycles. The van der Waals surface area contributed by atoms with Crippen LogP contribution in [0.1, 0.15) is 49.1 Å². The van der Waals surface area contributed by atoms with E-state index >= 15 is 0 Å². The van der Waals surface area contributed by atoms with Crippen molar-refractivity contribution in [2.45, 2.75) is 50.2 Å². The van der Waals surface area contributed by atoms with Crippen molar-refractivity contribution in [2.24, 2.45) is 5.92 Å². The maximum absolute atomic E-state index is 12.6. The van der Waals surface area contributed by atoms with Crippen LogP contribution in [0.5, 0.6) is 0 Å². The van der Waals surface area contributed by atoms with Crippen molar-refractivity contribution in [3.63, 3.8) is 0 Å². The van der Waals surface area contributed by atoms with E-state index in [-0.39, 0.29) is 43.7 Å². The van der Waals surface area contributed by atoms with Crippen LogP contribution in [0, 0.1) is 5.92 Å². The fraction of sp³-hybridized carbons (Fsp3) is 0.444. The summed E-state index contributed by atoms with van der Waals surface area (Å²) in [6.45, 7) is 0.405. The summed E-state index contributed by atoms with van der Waals surface area (Å²) in [6, 6.07) is 15.9. The number of fused-ring (bicyclic) bond motifs is 3. The van der Waals surface area contributed by atoms with E-state index in [0.717, 1.165) is 41.5 Å². The second-order valence-electron chi connectivity index (χ2n) is 9.17. The van der Waals surface area contributed by atoms with Gasteiger partial charge in [0.15, 0.2) is 0 Å². The molecule has 0 aliphatic heterocycles. The van der Waals surface area contributed by atoms with Gasteiger partial charge in [0.2, 0.25) is 5.91 Å². The summed E-state index contributed by atoms with van der Waals surface area (Å²) < 4.78 is 10.8. The molecule has 2 amide bonds. The second-order valence-corrected chi connectivity index (χ2v) is 9.17. The highest BCUT2D eigenvalue weighted by Crippen LogP contribution is 2.44. The predicted molar refractivity (Wildman–Crippen MR) is 130 cm³/mol. The summed E-state index contributed by atoms with van der Waals surface area (Å²) in [7, 11) is 1.42. The SMILES string of the molecule is COC(CCNC(=O)OCC1c2ccccc2-c2ccccc21)C(=O)NC(CC(=O)O)C1CCC1. The number of rotatable bonds is 11. The summed E-state index contributed by atoms with van der Waals surface area (Å²) in [5.41, 5.74) is 4.60. The van der Waals surface area contributed by atoms with Crippen LogP contribution >= 0.6 is 0 Å². The number of nitrogens with one attached hydrogen (secondary N) is 2. The predicted octanol–water partition coefficient (Wildman–Crippen LogP) is 3.69. The van der Waals surface area contributed by atoms with Gasteiger partial charge in [-0.1, -0.05) is 55.0 Å². The highest BCUT2D eigenvalue weighted by Gasteiger charge is 2.32. The Hall–Kier alpha value is -3.39. The molecule has 4 rings (SSSR count). The van der Waals surface area contributed by atoms with Crippen LogP contribution in [0.15, 0.2) is 48.5 Å². The summed E-state index contributed by atoms with van der Waals surface area (Å²) in [5, 5.41) is 14.7. The van der Waals surface area contributed by atoms with Crippen LogP contribution in [0.4, 0.5) is 4.79 Å². The number of carboxylic acid groups (broad SMARTS) is 1. The molecule has 0 bridgehead atoms. The first-order valence-electron chi connectivity index (χ1n) is 12.1. The summed E-state index contributed by atoms with van der Waals surface area (Å²) in [5.74, 6) is -1.14. The third-order valence-electron chi connectivity index (χ3n) is 7.04. The van der Waals surface area contributed by atoms with Crippen LogP contribution in [-0.2, 0) is 19.1 Å². The zero-order chi connectivity index (χ0) is 24.8. The van der Waals surface area contributed by atoms with E-state index in [2.05, 4.69) is 34.9 Å². The van der Waals surface area contributed by atoms with Crippen LogP contribution in [-0.4, -0.2) is 55.5 Å². The van der Waals surface area contributed by atoms with Gasteiger partial charge in [0, 0.05) is 32.0 Å². The Balaban J connectivity index is 1.25. The van der Waals surface area contributed by atoms with Crippen LogP contribution in [0.3, 0.4) is 0 Å². The van der Waals surface area contributed by atoms with Gasteiger partial charge in [0.25, 0.3) is 0 Å². The van der Waals surface area contributed by atoms with Crippen LogP contribution in [0.25, 0.3) is 11.1 Å². The van der Waals surface area contributed by atoms with Gasteiger partial charge in [-0.2, -0.15) is 0 Å². The number of alkyl carbamates (subject to hydrolysis) is 1. The maximum atomic E-state index is 12.6. The lowest BCUT2D eigenvalue weighted by molar-refractivity contribution is -0.139. The Morgan fingerprint density at radius 1 is 1.03 bits per heavy atom. The molecule has 1 saturated carbocycles. The molecule has 2 aliphatic carbocycles. The Morgan fingerprint density at radius 3 is 2.20 bits per heavy atom. The fourth-order valence-corrected chi connectivity index (χ4v) is 4.95. The average Bonchev–Trinajstić information content (AvgIpc) is 3.12. The Morgan fingerprint density at radius 2 is 1.66 bits per heavy atom. The Kier molecular flexibility index (Phi) is 8.02. The van der Waals surface area contributed by atoms with Crippen LogP contribution < -0.4 is 10.6 Å². The normalized spacial score (nSPS) is 16.4. The van der Waals surface area contributed by atoms with E-state index in [1.54, 1.807) is 0 Å². The number of carbonyl (C=O) groups is 3. The van der Waals surface area contributed by atoms with E-state index in [4.69, 9.17) is 14.6 Å². The summed E-state index contributed by atoms with van der Waals surface area (Å²) >= 11 is 0. The molecule has 35 heavy (non-hydrogen) atoms. The number of benzene rings is 2. The number of carbonyl (C=O) groups excluding carboxylic acids is 2. The van der Waals surface area contributed by atoms with Crippen LogP contribution in [0.2, 0.25) is 0 Å². The number of carboxylic acids is 1. The van der Waals surface area contributed by atoms with Crippen molar-refractivity contribution < 1.29 is 29.0 Å². The lowest BCUT2D eigenvalue weighted by atomic mass is 9.78. The van der Waals surface area contributed by atoms with Gasteiger partial charge in [-0.15, -0.1) is 0 Å². The van der Waals surface area contributed by atoms with Crippen molar-refractivity contribution in [1.29, 1.82) is 0 Å². The van der Waals surface area contributed by atoms with Gasteiger partial charge in [-0.3, -0.25) is 9.59 Å². The molecule has 2 aliphatic rings. The van der Waals surface area contributed by atoms with Gasteiger partial charge in [0.05, 0.1) is 6.42 Å². The largest absolute Gasteiger partial charge is 0.481 e. The quantitative estimate of drug-likeness (QED) is 0.452. The first-order valence-corrected chi connectivity index (χ1v) is 12.1. The van der Waals surface area contributed by atoms with E-state index in [1.807, 2.05) is 24.3 Å². The molecule has 8 heteroatoms. The lowest BCUT2D eigenvalue weighted by Gasteiger charge is -2.34. The first kappa shape index (κ1) is 24.7. The number of aliphatic carboxylic acids is 1. The zero-order valence-corrected chi connectivity index (χ0v) is 19.9. The highest BCUT2D eigenvalue weighted by atomic mass is 16.5. The maximum Gasteiger partial charge on any atom is 0.407 e. The van der Waals surface area contributed by atoms with E-state index in [0.29, 0.717) is 0 Å². The molecule has 1 fully saturated rings. The average molecular weight is 481 g/mol. The molecule has 3 N–H and O–H groups in total. The van der Waals surface area contributed by atoms with E-state index < -0.39 is 24.2 Å². The first-order chi connectivity index (χ1) is 17.0. The molecule has 8 nitrogen and oxygen atoms in total. The van der Waals surface area contributed by atoms with Crippen molar-refractivity contribution >= 4 is 18.0 Å². The summed E-state index contributed by atoms with van der Waals surface area (Å²) in [4.78, 5) is 36.2. The van der Waals surface area contributed by atoms with E-state index in [9.17, 15) is 14.4 Å². The van der Waals surface area contributed by atoms with Crippen molar-refractivity contribution in [3.8, 4) is 11.1 Å². The monoisotopic (exact) mass is 480 g/mol. The van der Waals surface area contributed by atoms with Gasteiger partial charge in [0.1, 0.15) is 12.7 Å². The Bertz CT molecular complexity index is 1020. The molecule has 0 spiro atoms. The standard InChI is InChI=1S/C27H32N2O6/c1-34-24(26(32)29-23(15-25(30)31)17-7-6-8-17)13-14-28-27(33)35-16-22-20-11-4-2-9-18(20)19-10-3-5-12-21(19)22/h2-5,9-12,17,22-24H,6-8,13-16H2,1H3,(H,28,33)(H,29,32)(H,30,31). The fourth-order valence-electron chi connectivity index (χ4n) is 4.95. The molecular weight excluding hydrogens is 448 g/mol. The third-order valence-corrected chi connectivity index (χ3v) is 7.04. The van der Waals surface area contributed by atoms with Crippen molar-refractivity contribution in [3.05, 3.63) is 59.7 Å². The molecule has 2 atom stereocenters. The lowest BCUT2D eigenvalue weighted by Crippen LogP contribution is -2.48. The molecule has 0 heterocycles. The number of hydrogen-bond donors (Lipinski definition) is 3. The van der Waals surface area contributed by atoms with Crippen molar-refractivity contribution in [1.82, 2.24) is 10.6 Å². The third kappa shape index (κ3) is 5.82. The molecule has 2 aromatic rings. The molecule has 2 unspecified atom stereocenters. The van der Waals surface area contributed by atoms with E-state index in [1.165, 1.54) is 7.11 Å². The number of ether oxygens (including phenoxy) is 2. The highest BCUT2D eigenvalue weighted by molar-refractivity contribution is 5.82. The van der Waals surface area contributed by atoms with Gasteiger partial charge < -0.3 is 25.2 Å². The smallest absolute Gasteiger partial charge is 0.407 e. The molecule has 0 radical (unpaired) electrons. The minimum Gasteiger partial charge on any atom is -0.481 e. The molecular formula is C27H32N2O6. The minimum absolute atomic E-state index is 0.0247. The van der Waals surface area contributed by atoms with Gasteiger partial charge in [-0.05, 0) is 41.0 Å². The number of hydrogen-bond acceptors (Lipinski definition) is 5. The van der Waals surface area contributed by atoms with Crippen molar-refractivity contribution in [2.75, 3.05) is 20.3 Å². The summed E-state index contributed by atoms with van der Waals surface area (Å²) in [6.07, 6.45) is 1.68. The molecule has 2 aromatic carbocycles. The van der Waals surface area contributed by atoms with Gasteiger partial charge in [-0.25, -0.2) is 4.79 Å². The molecule has 0 saturated heterocycles. The Labute approximate surface area is 205 Å². The van der Waals surface area contributed by atoms with Gasteiger partial charge >= 0.3 is 12.1 Å². The molecule has 186 valence electrons. The minimum atomic E-state index is -0.937. The number of methoxy groups -OCH3 is 1. The zero-order valence-electron chi connectivity index (χ0n) is 19.9.